The minimum absolute atomic E-state index is 0.369. The maximum absolute atomic E-state index is 6.26. The van der Waals surface area contributed by atoms with Crippen LogP contribution in [-0.2, 0) is 6.54 Å². The number of rotatable bonds is 5. The molecule has 4 rings (SSSR count). The third-order valence-electron chi connectivity index (χ3n) is 3.62. The molecule has 0 aliphatic rings. The van der Waals surface area contributed by atoms with Crippen LogP contribution in [0.5, 0.6) is 0 Å². The number of hydrogen-bond donors (Lipinski definition) is 1. The Bertz CT molecular complexity index is 1030. The highest BCUT2D eigenvalue weighted by Gasteiger charge is 2.15. The van der Waals surface area contributed by atoms with Crippen molar-refractivity contribution in [3.05, 3.63) is 64.7 Å². The molecular formula is C16H11Cl2N7O. The predicted octanol–water partition coefficient (Wildman–Crippen LogP) is 3.63. The molecular weight excluding hydrogens is 377 g/mol. The quantitative estimate of drug-likeness (QED) is 0.558. The van der Waals surface area contributed by atoms with Gasteiger partial charge in [0.2, 0.25) is 5.95 Å². The van der Waals surface area contributed by atoms with Crippen LogP contribution in [0.3, 0.4) is 0 Å². The van der Waals surface area contributed by atoms with Gasteiger partial charge in [0, 0.05) is 18.3 Å². The lowest BCUT2D eigenvalue weighted by atomic mass is 10.1. The number of oxazole rings is 1. The van der Waals surface area contributed by atoms with E-state index in [9.17, 15) is 0 Å². The van der Waals surface area contributed by atoms with Crippen LogP contribution < -0.4 is 5.32 Å². The van der Waals surface area contributed by atoms with E-state index in [4.69, 9.17) is 27.6 Å². The molecule has 0 bridgehead atoms. The number of tetrazole rings is 1. The minimum Gasteiger partial charge on any atom is -0.442 e. The molecule has 0 fully saturated rings. The second kappa shape index (κ2) is 7.11. The molecule has 1 aromatic carbocycles. The number of benzene rings is 1. The first-order valence-electron chi connectivity index (χ1n) is 7.53. The first-order chi connectivity index (χ1) is 12.7. The lowest BCUT2D eigenvalue weighted by Gasteiger charge is -2.10. The predicted molar refractivity (Wildman–Crippen MR) is 96.2 cm³/mol. The van der Waals surface area contributed by atoms with Crippen molar-refractivity contribution in [2.75, 3.05) is 5.32 Å². The van der Waals surface area contributed by atoms with Crippen LogP contribution in [0.2, 0.25) is 10.0 Å². The van der Waals surface area contributed by atoms with Crippen molar-refractivity contribution < 1.29 is 4.42 Å². The highest BCUT2D eigenvalue weighted by Crippen LogP contribution is 2.29. The average molecular weight is 388 g/mol. The molecule has 4 aromatic rings. The lowest BCUT2D eigenvalue weighted by molar-refractivity contribution is 0.569. The summed E-state index contributed by atoms with van der Waals surface area (Å²) in [6, 6.07) is 9.02. The lowest BCUT2D eigenvalue weighted by Crippen LogP contribution is -2.09. The zero-order chi connectivity index (χ0) is 17.9. The van der Waals surface area contributed by atoms with Gasteiger partial charge in [0.25, 0.3) is 0 Å². The molecule has 3 heterocycles. The van der Waals surface area contributed by atoms with E-state index in [1.807, 2.05) is 12.1 Å². The van der Waals surface area contributed by atoms with Gasteiger partial charge in [-0.2, -0.15) is 4.68 Å². The van der Waals surface area contributed by atoms with Gasteiger partial charge in [0.05, 0.1) is 21.9 Å². The number of nitrogens with zero attached hydrogens (tertiary/aromatic N) is 6. The van der Waals surface area contributed by atoms with E-state index in [1.165, 1.54) is 11.1 Å². The van der Waals surface area contributed by atoms with E-state index < -0.39 is 0 Å². The zero-order valence-electron chi connectivity index (χ0n) is 13.2. The fraction of sp³-hybridized carbons (Fsp3) is 0.0625. The van der Waals surface area contributed by atoms with E-state index in [0.29, 0.717) is 39.7 Å². The van der Waals surface area contributed by atoms with Crippen molar-refractivity contribution in [3.8, 4) is 17.1 Å². The van der Waals surface area contributed by atoms with E-state index in [-0.39, 0.29) is 0 Å². The van der Waals surface area contributed by atoms with Gasteiger partial charge in [-0.05, 0) is 28.6 Å². The van der Waals surface area contributed by atoms with Crippen molar-refractivity contribution in [2.24, 2.45) is 0 Å². The first kappa shape index (κ1) is 16.5. The molecule has 0 amide bonds. The maximum atomic E-state index is 6.26. The summed E-state index contributed by atoms with van der Waals surface area (Å²) in [4.78, 5) is 8.29. The summed E-state index contributed by atoms with van der Waals surface area (Å²) in [6.45, 7) is 0.419. The van der Waals surface area contributed by atoms with E-state index >= 15 is 0 Å². The van der Waals surface area contributed by atoms with E-state index in [1.54, 1.807) is 30.6 Å². The highest BCUT2D eigenvalue weighted by molar-refractivity contribution is 6.43. The van der Waals surface area contributed by atoms with Gasteiger partial charge in [-0.1, -0.05) is 40.4 Å². The number of hydrogen-bond acceptors (Lipinski definition) is 7. The standard InChI is InChI=1S/C16H11Cl2N7O/c17-11-4-1-5-12(14(11)18)25-16(22-23-24-25)21-7-10-3-2-6-20-15(10)13-8-19-9-26-13/h1-6,8-9H,7H2,(H,21,22,24). The number of aromatic nitrogens is 6. The molecule has 3 aromatic heterocycles. The molecule has 10 heteroatoms. The molecule has 1 N–H and O–H groups in total. The Morgan fingerprint density at radius 2 is 2.08 bits per heavy atom. The minimum atomic E-state index is 0.369. The average Bonchev–Trinajstić information content (AvgIpc) is 3.34. The van der Waals surface area contributed by atoms with Crippen LogP contribution in [-0.4, -0.2) is 30.2 Å². The summed E-state index contributed by atoms with van der Waals surface area (Å²) < 4.78 is 6.83. The van der Waals surface area contributed by atoms with Crippen LogP contribution in [0, 0.1) is 0 Å². The molecule has 26 heavy (non-hydrogen) atoms. The molecule has 0 aliphatic heterocycles. The largest absolute Gasteiger partial charge is 0.442 e. The Kier molecular flexibility index (Phi) is 4.51. The Hall–Kier alpha value is -2.97. The second-order valence-electron chi connectivity index (χ2n) is 5.22. The fourth-order valence-corrected chi connectivity index (χ4v) is 2.80. The van der Waals surface area contributed by atoms with Gasteiger partial charge in [0.15, 0.2) is 12.2 Å². The third kappa shape index (κ3) is 3.12. The van der Waals surface area contributed by atoms with Gasteiger partial charge in [-0.3, -0.25) is 4.98 Å². The zero-order valence-corrected chi connectivity index (χ0v) is 14.7. The molecule has 0 aliphatic carbocycles. The fourth-order valence-electron chi connectivity index (χ4n) is 2.43. The van der Waals surface area contributed by atoms with Crippen molar-refractivity contribution in [3.63, 3.8) is 0 Å². The normalized spacial score (nSPS) is 10.8. The summed E-state index contributed by atoms with van der Waals surface area (Å²) in [5.74, 6) is 1.00. The van der Waals surface area contributed by atoms with Crippen molar-refractivity contribution in [1.29, 1.82) is 0 Å². The first-order valence-corrected chi connectivity index (χ1v) is 8.29. The van der Waals surface area contributed by atoms with Crippen LogP contribution in [0.15, 0.2) is 53.5 Å². The van der Waals surface area contributed by atoms with Crippen LogP contribution in [0.1, 0.15) is 5.56 Å². The Balaban J connectivity index is 1.62. The van der Waals surface area contributed by atoms with Gasteiger partial charge < -0.3 is 9.73 Å². The molecule has 0 radical (unpaired) electrons. The Morgan fingerprint density at radius 3 is 2.92 bits per heavy atom. The summed E-state index contributed by atoms with van der Waals surface area (Å²) in [6.07, 6.45) is 4.67. The molecule has 0 atom stereocenters. The van der Waals surface area contributed by atoms with E-state index in [2.05, 4.69) is 30.8 Å². The monoisotopic (exact) mass is 387 g/mol. The molecule has 0 spiro atoms. The molecule has 0 saturated carbocycles. The summed E-state index contributed by atoms with van der Waals surface area (Å²) >= 11 is 12.3. The van der Waals surface area contributed by atoms with Crippen molar-refractivity contribution in [1.82, 2.24) is 30.2 Å². The van der Waals surface area contributed by atoms with Crippen molar-refractivity contribution >= 4 is 29.2 Å². The highest BCUT2D eigenvalue weighted by atomic mass is 35.5. The summed E-state index contributed by atoms with van der Waals surface area (Å²) in [5.41, 5.74) is 2.17. The molecule has 8 nitrogen and oxygen atoms in total. The third-order valence-corrected chi connectivity index (χ3v) is 4.43. The van der Waals surface area contributed by atoms with Gasteiger partial charge in [0.1, 0.15) is 5.69 Å². The second-order valence-corrected chi connectivity index (χ2v) is 6.00. The van der Waals surface area contributed by atoms with Crippen molar-refractivity contribution in [2.45, 2.75) is 6.54 Å². The molecule has 130 valence electrons. The number of nitrogens with one attached hydrogen (secondary N) is 1. The van der Waals surface area contributed by atoms with E-state index in [0.717, 1.165) is 5.56 Å². The summed E-state index contributed by atoms with van der Waals surface area (Å²) in [5, 5.41) is 15.7. The summed E-state index contributed by atoms with van der Waals surface area (Å²) in [7, 11) is 0. The van der Waals surface area contributed by atoms with Crippen LogP contribution in [0.25, 0.3) is 17.1 Å². The topological polar surface area (TPSA) is 94.6 Å². The number of halogens is 2. The number of anilines is 1. The molecule has 0 unspecified atom stereocenters. The Morgan fingerprint density at radius 1 is 1.15 bits per heavy atom. The number of pyridine rings is 1. The van der Waals surface area contributed by atoms with Gasteiger partial charge >= 0.3 is 0 Å². The van der Waals surface area contributed by atoms with Crippen LogP contribution in [0.4, 0.5) is 5.95 Å². The van der Waals surface area contributed by atoms with Gasteiger partial charge in [-0.25, -0.2) is 4.98 Å². The SMILES string of the molecule is Clc1cccc(-n2nnnc2NCc2cccnc2-c2cnco2)c1Cl. The van der Waals surface area contributed by atoms with Gasteiger partial charge in [-0.15, -0.1) is 0 Å². The van der Waals surface area contributed by atoms with Crippen LogP contribution >= 0.6 is 23.2 Å². The Labute approximate surface area is 157 Å². The smallest absolute Gasteiger partial charge is 0.248 e. The maximum Gasteiger partial charge on any atom is 0.248 e. The molecule has 0 saturated heterocycles.